The Morgan fingerprint density at radius 3 is 2.35 bits per heavy atom. The summed E-state index contributed by atoms with van der Waals surface area (Å²) in [6, 6.07) is 19.5. The SMILES string of the molecule is CCN1CCN(C(=O)C[C@@H](c2cn(Cc3ccccc3)c3ccccc23)C2CCCCC2)CC1. The highest BCUT2D eigenvalue weighted by Gasteiger charge is 2.32. The number of aromatic nitrogens is 1. The van der Waals surface area contributed by atoms with Gasteiger partial charge in [0.15, 0.2) is 0 Å². The molecule has 2 aliphatic rings. The minimum Gasteiger partial charge on any atom is -0.343 e. The Morgan fingerprint density at radius 2 is 1.62 bits per heavy atom. The molecule has 0 bridgehead atoms. The number of amides is 1. The summed E-state index contributed by atoms with van der Waals surface area (Å²) in [5.41, 5.74) is 3.99. The molecule has 1 saturated carbocycles. The van der Waals surface area contributed by atoms with E-state index in [1.54, 1.807) is 0 Å². The Balaban J connectivity index is 1.45. The summed E-state index contributed by atoms with van der Waals surface area (Å²) >= 11 is 0. The van der Waals surface area contributed by atoms with E-state index in [9.17, 15) is 4.79 Å². The van der Waals surface area contributed by atoms with E-state index in [4.69, 9.17) is 0 Å². The van der Waals surface area contributed by atoms with E-state index in [1.165, 1.54) is 54.1 Å². The van der Waals surface area contributed by atoms with Crippen LogP contribution in [0, 0.1) is 5.92 Å². The Hall–Kier alpha value is -2.59. The van der Waals surface area contributed by atoms with E-state index < -0.39 is 0 Å². The summed E-state index contributed by atoms with van der Waals surface area (Å²) in [5.74, 6) is 1.26. The van der Waals surface area contributed by atoms with Crippen molar-refractivity contribution in [2.45, 2.75) is 57.9 Å². The smallest absolute Gasteiger partial charge is 0.223 e. The quantitative estimate of drug-likeness (QED) is 0.441. The number of rotatable bonds is 7. The van der Waals surface area contributed by atoms with Crippen molar-refractivity contribution in [3.63, 3.8) is 0 Å². The van der Waals surface area contributed by atoms with E-state index in [-0.39, 0.29) is 0 Å². The van der Waals surface area contributed by atoms with Gasteiger partial charge < -0.3 is 14.4 Å². The molecule has 1 atom stereocenters. The highest BCUT2D eigenvalue weighted by Crippen LogP contribution is 2.42. The van der Waals surface area contributed by atoms with Crippen LogP contribution >= 0.6 is 0 Å². The van der Waals surface area contributed by atoms with Crippen LogP contribution in [-0.2, 0) is 11.3 Å². The average Bonchev–Trinajstić information content (AvgIpc) is 3.26. The van der Waals surface area contributed by atoms with Crippen molar-refractivity contribution in [3.05, 3.63) is 71.9 Å². The normalized spacial score (nSPS) is 18.9. The number of benzene rings is 2. The van der Waals surface area contributed by atoms with Crippen LogP contribution in [0.4, 0.5) is 0 Å². The van der Waals surface area contributed by atoms with E-state index in [0.717, 1.165) is 39.3 Å². The van der Waals surface area contributed by atoms with Crippen LogP contribution in [0.5, 0.6) is 0 Å². The van der Waals surface area contributed by atoms with E-state index >= 15 is 0 Å². The summed E-state index contributed by atoms with van der Waals surface area (Å²) in [4.78, 5) is 18.1. The molecule has 5 rings (SSSR count). The number of nitrogens with zero attached hydrogens (tertiary/aromatic N) is 3. The van der Waals surface area contributed by atoms with Crippen LogP contribution in [0.3, 0.4) is 0 Å². The Kier molecular flexibility index (Phi) is 7.34. The third-order valence-electron chi connectivity index (χ3n) is 8.20. The number of piperazine rings is 1. The minimum absolute atomic E-state index is 0.305. The maximum Gasteiger partial charge on any atom is 0.223 e. The number of hydrogen-bond donors (Lipinski definition) is 0. The Morgan fingerprint density at radius 1 is 0.912 bits per heavy atom. The van der Waals surface area contributed by atoms with Gasteiger partial charge in [-0.2, -0.15) is 0 Å². The lowest BCUT2D eigenvalue weighted by Gasteiger charge is -2.36. The van der Waals surface area contributed by atoms with Crippen LogP contribution in [0.2, 0.25) is 0 Å². The van der Waals surface area contributed by atoms with Crippen LogP contribution in [0.1, 0.15) is 62.5 Å². The lowest BCUT2D eigenvalue weighted by Crippen LogP contribution is -2.48. The molecule has 2 heterocycles. The zero-order valence-electron chi connectivity index (χ0n) is 20.7. The van der Waals surface area contributed by atoms with Crippen molar-refractivity contribution in [1.82, 2.24) is 14.4 Å². The standard InChI is InChI=1S/C30H39N3O/c1-2-31-17-19-32(20-18-31)30(34)21-27(25-13-7-4-8-14-25)28-23-33(22-24-11-5-3-6-12-24)29-16-10-9-15-26(28)29/h3,5-6,9-12,15-16,23,25,27H,2,4,7-8,13-14,17-22H2,1H3/t27-/m1/s1. The summed E-state index contributed by atoms with van der Waals surface area (Å²) in [6.07, 6.45) is 9.46. The summed E-state index contributed by atoms with van der Waals surface area (Å²) in [6.45, 7) is 7.92. The molecule has 3 aromatic rings. The minimum atomic E-state index is 0.305. The number of hydrogen-bond acceptors (Lipinski definition) is 2. The van der Waals surface area contributed by atoms with Gasteiger partial charge in [0.1, 0.15) is 0 Å². The Labute approximate surface area is 204 Å². The molecule has 1 aromatic heterocycles. The van der Waals surface area contributed by atoms with Gasteiger partial charge in [-0.05, 0) is 48.4 Å². The van der Waals surface area contributed by atoms with Crippen molar-refractivity contribution in [3.8, 4) is 0 Å². The zero-order chi connectivity index (χ0) is 23.3. The second-order valence-electron chi connectivity index (χ2n) is 10.2. The molecule has 180 valence electrons. The molecule has 4 nitrogen and oxygen atoms in total. The molecular formula is C30H39N3O. The topological polar surface area (TPSA) is 28.5 Å². The number of carbonyl (C=O) groups is 1. The molecule has 4 heteroatoms. The second kappa shape index (κ2) is 10.8. The number of para-hydroxylation sites is 1. The maximum absolute atomic E-state index is 13.6. The van der Waals surface area contributed by atoms with Crippen molar-refractivity contribution >= 4 is 16.8 Å². The first-order chi connectivity index (χ1) is 16.7. The van der Waals surface area contributed by atoms with E-state index in [2.05, 4.69) is 82.1 Å². The maximum atomic E-state index is 13.6. The van der Waals surface area contributed by atoms with Crippen molar-refractivity contribution < 1.29 is 4.79 Å². The van der Waals surface area contributed by atoms with Gasteiger partial charge >= 0.3 is 0 Å². The lowest BCUT2D eigenvalue weighted by molar-refractivity contribution is -0.133. The number of fused-ring (bicyclic) bond motifs is 1. The first-order valence-corrected chi connectivity index (χ1v) is 13.3. The van der Waals surface area contributed by atoms with Crippen LogP contribution in [-0.4, -0.2) is 53.0 Å². The highest BCUT2D eigenvalue weighted by molar-refractivity contribution is 5.86. The Bertz CT molecular complexity index is 1070. The van der Waals surface area contributed by atoms with Gasteiger partial charge in [-0.3, -0.25) is 4.79 Å². The van der Waals surface area contributed by atoms with Crippen LogP contribution in [0.25, 0.3) is 10.9 Å². The first kappa shape index (κ1) is 23.2. The third kappa shape index (κ3) is 5.07. The number of likely N-dealkylation sites (N-methyl/N-ethyl adjacent to an activating group) is 1. The fraction of sp³-hybridized carbons (Fsp3) is 0.500. The molecule has 0 unspecified atom stereocenters. The molecule has 1 amide bonds. The molecule has 2 fully saturated rings. The van der Waals surface area contributed by atoms with Gasteiger partial charge in [0, 0.05) is 56.2 Å². The fourth-order valence-corrected chi connectivity index (χ4v) is 6.18. The third-order valence-corrected chi connectivity index (χ3v) is 8.20. The predicted molar refractivity (Wildman–Crippen MR) is 140 cm³/mol. The highest BCUT2D eigenvalue weighted by atomic mass is 16.2. The fourth-order valence-electron chi connectivity index (χ4n) is 6.18. The summed E-state index contributed by atoms with van der Waals surface area (Å²) in [7, 11) is 0. The average molecular weight is 458 g/mol. The van der Waals surface area contributed by atoms with Crippen LogP contribution < -0.4 is 0 Å². The molecular weight excluding hydrogens is 418 g/mol. The van der Waals surface area contributed by atoms with Crippen LogP contribution in [0.15, 0.2) is 60.8 Å². The molecule has 1 saturated heterocycles. The molecule has 0 radical (unpaired) electrons. The molecule has 0 N–H and O–H groups in total. The molecule has 34 heavy (non-hydrogen) atoms. The van der Waals surface area contributed by atoms with Gasteiger partial charge in [0.25, 0.3) is 0 Å². The van der Waals surface area contributed by atoms with Crippen molar-refractivity contribution in [2.75, 3.05) is 32.7 Å². The van der Waals surface area contributed by atoms with Gasteiger partial charge in [-0.25, -0.2) is 0 Å². The van der Waals surface area contributed by atoms with Gasteiger partial charge in [-0.15, -0.1) is 0 Å². The van der Waals surface area contributed by atoms with Crippen molar-refractivity contribution in [2.24, 2.45) is 5.92 Å². The largest absolute Gasteiger partial charge is 0.343 e. The predicted octanol–water partition coefficient (Wildman–Crippen LogP) is 5.91. The summed E-state index contributed by atoms with van der Waals surface area (Å²) < 4.78 is 2.40. The zero-order valence-corrected chi connectivity index (χ0v) is 20.7. The first-order valence-electron chi connectivity index (χ1n) is 13.3. The molecule has 1 aliphatic heterocycles. The van der Waals surface area contributed by atoms with Crippen molar-refractivity contribution in [1.29, 1.82) is 0 Å². The van der Waals surface area contributed by atoms with E-state index in [0.29, 0.717) is 24.2 Å². The second-order valence-corrected chi connectivity index (χ2v) is 10.2. The van der Waals surface area contributed by atoms with E-state index in [1.807, 2.05) is 0 Å². The molecule has 0 spiro atoms. The van der Waals surface area contributed by atoms with Gasteiger partial charge in [0.2, 0.25) is 5.91 Å². The number of carbonyl (C=O) groups excluding carboxylic acids is 1. The van der Waals surface area contributed by atoms with Gasteiger partial charge in [-0.1, -0.05) is 74.7 Å². The monoisotopic (exact) mass is 457 g/mol. The lowest BCUT2D eigenvalue weighted by atomic mass is 9.75. The molecule has 1 aliphatic carbocycles. The summed E-state index contributed by atoms with van der Waals surface area (Å²) in [5, 5.41) is 1.33. The molecule has 2 aromatic carbocycles. The van der Waals surface area contributed by atoms with Gasteiger partial charge in [0.05, 0.1) is 0 Å².